The van der Waals surface area contributed by atoms with E-state index in [-0.39, 0.29) is 30.3 Å². The average molecular weight is 410 g/mol. The van der Waals surface area contributed by atoms with E-state index in [1.807, 2.05) is 0 Å². The summed E-state index contributed by atoms with van der Waals surface area (Å²) in [7, 11) is 0. The first-order chi connectivity index (χ1) is 13.6. The van der Waals surface area contributed by atoms with E-state index in [1.165, 1.54) is 41.3 Å². The minimum absolute atomic E-state index is 0.0115. The van der Waals surface area contributed by atoms with Gasteiger partial charge in [-0.1, -0.05) is 6.07 Å². The van der Waals surface area contributed by atoms with Crippen LogP contribution in [-0.4, -0.2) is 31.1 Å². The van der Waals surface area contributed by atoms with Crippen molar-refractivity contribution in [2.45, 2.75) is 19.5 Å². The maximum Gasteiger partial charge on any atom is 0.422 e. The maximum atomic E-state index is 14.1. The summed E-state index contributed by atoms with van der Waals surface area (Å²) < 4.78 is 55.2. The second-order valence-electron chi connectivity index (χ2n) is 6.78. The molecule has 1 unspecified atom stereocenters. The van der Waals surface area contributed by atoms with E-state index in [2.05, 4.69) is 10.1 Å². The largest absolute Gasteiger partial charge is 0.484 e. The highest BCUT2D eigenvalue weighted by molar-refractivity contribution is 6.03. The zero-order valence-electron chi connectivity index (χ0n) is 15.4. The first-order valence-corrected chi connectivity index (χ1v) is 8.79. The predicted molar refractivity (Wildman–Crippen MR) is 98.2 cm³/mol. The van der Waals surface area contributed by atoms with Gasteiger partial charge in [0.25, 0.3) is 0 Å². The number of nitrogens with zero attached hydrogens (tertiary/aromatic N) is 1. The van der Waals surface area contributed by atoms with Gasteiger partial charge in [-0.2, -0.15) is 13.2 Å². The van der Waals surface area contributed by atoms with Gasteiger partial charge in [0, 0.05) is 18.7 Å². The maximum absolute atomic E-state index is 14.1. The SMILES string of the molecule is Cc1ccc(N2CC(C(=O)Nc3ccc(OCC(F)(F)F)cc3)CC2=O)c(F)c1. The van der Waals surface area contributed by atoms with E-state index in [0.29, 0.717) is 5.69 Å². The van der Waals surface area contributed by atoms with Crippen molar-refractivity contribution in [2.24, 2.45) is 5.92 Å². The third-order valence-electron chi connectivity index (χ3n) is 4.41. The fourth-order valence-electron chi connectivity index (χ4n) is 2.99. The van der Waals surface area contributed by atoms with Gasteiger partial charge in [0.2, 0.25) is 11.8 Å². The number of benzene rings is 2. The zero-order chi connectivity index (χ0) is 21.2. The molecule has 0 spiro atoms. The van der Waals surface area contributed by atoms with Crippen LogP contribution in [0.15, 0.2) is 42.5 Å². The Balaban J connectivity index is 1.60. The Morgan fingerprint density at radius 2 is 1.90 bits per heavy atom. The van der Waals surface area contributed by atoms with E-state index in [0.717, 1.165) is 5.56 Å². The Morgan fingerprint density at radius 1 is 1.21 bits per heavy atom. The number of anilines is 2. The summed E-state index contributed by atoms with van der Waals surface area (Å²) >= 11 is 0. The third-order valence-corrected chi connectivity index (χ3v) is 4.41. The lowest BCUT2D eigenvalue weighted by atomic mass is 10.1. The number of aryl methyl sites for hydroxylation is 1. The van der Waals surface area contributed by atoms with E-state index in [1.54, 1.807) is 13.0 Å². The number of amides is 2. The molecule has 1 heterocycles. The van der Waals surface area contributed by atoms with Crippen LogP contribution < -0.4 is 15.0 Å². The summed E-state index contributed by atoms with van der Waals surface area (Å²) in [6, 6.07) is 9.91. The van der Waals surface area contributed by atoms with Crippen molar-refractivity contribution in [3.63, 3.8) is 0 Å². The van der Waals surface area contributed by atoms with Crippen molar-refractivity contribution in [3.8, 4) is 5.75 Å². The smallest absolute Gasteiger partial charge is 0.422 e. The normalized spacial score (nSPS) is 16.8. The minimum atomic E-state index is -4.44. The lowest BCUT2D eigenvalue weighted by Gasteiger charge is -2.18. The van der Waals surface area contributed by atoms with E-state index in [4.69, 9.17) is 0 Å². The number of alkyl halides is 3. The van der Waals surface area contributed by atoms with Gasteiger partial charge in [0.15, 0.2) is 6.61 Å². The molecule has 9 heteroatoms. The van der Waals surface area contributed by atoms with E-state index >= 15 is 0 Å². The van der Waals surface area contributed by atoms with Crippen LogP contribution in [0.25, 0.3) is 0 Å². The van der Waals surface area contributed by atoms with Crippen LogP contribution in [0.2, 0.25) is 0 Å². The molecule has 2 aromatic rings. The molecule has 1 N–H and O–H groups in total. The highest BCUT2D eigenvalue weighted by Crippen LogP contribution is 2.29. The Morgan fingerprint density at radius 3 is 2.52 bits per heavy atom. The summed E-state index contributed by atoms with van der Waals surface area (Å²) in [5.41, 5.74) is 1.19. The molecule has 0 aliphatic carbocycles. The molecule has 1 fully saturated rings. The molecule has 2 amide bonds. The van der Waals surface area contributed by atoms with Crippen molar-refractivity contribution in [1.82, 2.24) is 0 Å². The van der Waals surface area contributed by atoms with Crippen LogP contribution in [-0.2, 0) is 9.59 Å². The minimum Gasteiger partial charge on any atom is -0.484 e. The topological polar surface area (TPSA) is 58.6 Å². The number of ether oxygens (including phenoxy) is 1. The molecular formula is C20H18F4N2O3. The third kappa shape index (κ3) is 5.24. The Labute approximate surface area is 164 Å². The second kappa shape index (κ2) is 8.10. The van der Waals surface area contributed by atoms with Gasteiger partial charge < -0.3 is 15.0 Å². The Bertz CT molecular complexity index is 913. The molecule has 154 valence electrons. The average Bonchev–Trinajstić information content (AvgIpc) is 3.02. The summed E-state index contributed by atoms with van der Waals surface area (Å²) in [5, 5.41) is 2.61. The van der Waals surface area contributed by atoms with E-state index in [9.17, 15) is 27.2 Å². The van der Waals surface area contributed by atoms with Crippen LogP contribution in [0.1, 0.15) is 12.0 Å². The quantitative estimate of drug-likeness (QED) is 0.757. The molecule has 0 aromatic heterocycles. The van der Waals surface area contributed by atoms with Gasteiger partial charge in [-0.25, -0.2) is 4.39 Å². The molecule has 0 radical (unpaired) electrons. The molecule has 5 nitrogen and oxygen atoms in total. The number of nitrogens with one attached hydrogen (secondary N) is 1. The molecule has 1 aliphatic heterocycles. The lowest BCUT2D eigenvalue weighted by molar-refractivity contribution is -0.153. The number of rotatable bonds is 5. The lowest BCUT2D eigenvalue weighted by Crippen LogP contribution is -2.28. The molecular weight excluding hydrogens is 392 g/mol. The van der Waals surface area contributed by atoms with Gasteiger partial charge in [0.05, 0.1) is 11.6 Å². The van der Waals surface area contributed by atoms with Gasteiger partial charge in [-0.15, -0.1) is 0 Å². The number of hydrogen-bond donors (Lipinski definition) is 1. The summed E-state index contributed by atoms with van der Waals surface area (Å²) in [4.78, 5) is 25.9. The summed E-state index contributed by atoms with van der Waals surface area (Å²) in [5.74, 6) is -1.99. The van der Waals surface area contributed by atoms with Crippen LogP contribution in [0.3, 0.4) is 0 Å². The summed E-state index contributed by atoms with van der Waals surface area (Å²) in [6.45, 7) is 0.361. The van der Waals surface area contributed by atoms with Gasteiger partial charge in [0.1, 0.15) is 11.6 Å². The fraction of sp³-hybridized carbons (Fsp3) is 0.300. The molecule has 0 bridgehead atoms. The number of carbonyl (C=O) groups excluding carboxylic acids is 2. The van der Waals surface area contributed by atoms with Gasteiger partial charge >= 0.3 is 6.18 Å². The van der Waals surface area contributed by atoms with Gasteiger partial charge in [-0.05, 0) is 48.9 Å². The highest BCUT2D eigenvalue weighted by atomic mass is 19.4. The number of carbonyl (C=O) groups is 2. The van der Waals surface area contributed by atoms with Crippen molar-refractivity contribution >= 4 is 23.2 Å². The number of hydrogen-bond acceptors (Lipinski definition) is 3. The van der Waals surface area contributed by atoms with Crippen molar-refractivity contribution in [2.75, 3.05) is 23.4 Å². The Hall–Kier alpha value is -3.10. The van der Waals surface area contributed by atoms with Crippen molar-refractivity contribution in [1.29, 1.82) is 0 Å². The molecule has 29 heavy (non-hydrogen) atoms. The number of halogens is 4. The summed E-state index contributed by atoms with van der Waals surface area (Å²) in [6.07, 6.45) is -4.50. The molecule has 0 saturated carbocycles. The Kier molecular flexibility index (Phi) is 5.76. The standard InChI is InChI=1S/C20H18F4N2O3/c1-12-2-7-17(16(21)8-12)26-10-13(9-18(26)27)19(28)25-14-3-5-15(6-4-14)29-11-20(22,23)24/h2-8,13H,9-11H2,1H3,(H,25,28). The van der Waals surface area contributed by atoms with Crippen LogP contribution in [0.5, 0.6) is 5.75 Å². The van der Waals surface area contributed by atoms with Crippen LogP contribution >= 0.6 is 0 Å². The molecule has 2 aromatic carbocycles. The molecule has 1 saturated heterocycles. The fourth-order valence-corrected chi connectivity index (χ4v) is 2.99. The van der Waals surface area contributed by atoms with Crippen molar-refractivity contribution in [3.05, 3.63) is 53.8 Å². The second-order valence-corrected chi connectivity index (χ2v) is 6.78. The zero-order valence-corrected chi connectivity index (χ0v) is 15.4. The van der Waals surface area contributed by atoms with Gasteiger partial charge in [-0.3, -0.25) is 9.59 Å². The predicted octanol–water partition coefficient (Wildman–Crippen LogP) is 4.07. The van der Waals surface area contributed by atoms with Crippen LogP contribution in [0.4, 0.5) is 28.9 Å². The first-order valence-electron chi connectivity index (χ1n) is 8.79. The first kappa shape index (κ1) is 20.6. The van der Waals surface area contributed by atoms with E-state index < -0.39 is 30.4 Å². The monoisotopic (exact) mass is 410 g/mol. The molecule has 1 atom stereocenters. The molecule has 1 aliphatic rings. The van der Waals surface area contributed by atoms with Crippen molar-refractivity contribution < 1.29 is 31.9 Å². The van der Waals surface area contributed by atoms with Crippen LogP contribution in [0, 0.1) is 18.7 Å². The molecule has 3 rings (SSSR count). The highest BCUT2D eigenvalue weighted by Gasteiger charge is 2.36.